The summed E-state index contributed by atoms with van der Waals surface area (Å²) in [4.78, 5) is 31.3. The number of allylic oxidation sites excluding steroid dienone is 1. The van der Waals surface area contributed by atoms with E-state index >= 15 is 0 Å². The molecule has 0 bridgehead atoms. The molecule has 1 aromatic heterocycles. The summed E-state index contributed by atoms with van der Waals surface area (Å²) in [6, 6.07) is 12.1. The van der Waals surface area contributed by atoms with Crippen molar-refractivity contribution < 1.29 is 23.7 Å². The first kappa shape index (κ1) is 21.0. The fourth-order valence-corrected chi connectivity index (χ4v) is 5.00. The van der Waals surface area contributed by atoms with Crippen molar-refractivity contribution in [2.75, 3.05) is 21.0 Å². The van der Waals surface area contributed by atoms with E-state index in [1.807, 2.05) is 30.3 Å². The number of methoxy groups -OCH3 is 2. The number of esters is 1. The summed E-state index contributed by atoms with van der Waals surface area (Å²) in [6.45, 7) is 1.93. The van der Waals surface area contributed by atoms with E-state index in [2.05, 4.69) is 4.99 Å². The van der Waals surface area contributed by atoms with E-state index in [0.29, 0.717) is 37.9 Å². The molecule has 2 aliphatic rings. The van der Waals surface area contributed by atoms with E-state index in [-0.39, 0.29) is 12.4 Å². The van der Waals surface area contributed by atoms with Crippen molar-refractivity contribution in [3.8, 4) is 17.2 Å². The van der Waals surface area contributed by atoms with E-state index < -0.39 is 12.0 Å². The zero-order valence-corrected chi connectivity index (χ0v) is 19.0. The Hall–Kier alpha value is -3.85. The maximum absolute atomic E-state index is 13.5. The van der Waals surface area contributed by atoms with Crippen LogP contribution in [0.3, 0.4) is 0 Å². The zero-order valence-electron chi connectivity index (χ0n) is 18.2. The molecule has 0 amide bonds. The van der Waals surface area contributed by atoms with E-state index in [9.17, 15) is 9.59 Å². The lowest BCUT2D eigenvalue weighted by Crippen LogP contribution is -2.39. The van der Waals surface area contributed by atoms with Gasteiger partial charge in [-0.15, -0.1) is 0 Å². The van der Waals surface area contributed by atoms with Crippen LogP contribution >= 0.6 is 11.3 Å². The second kappa shape index (κ2) is 8.25. The topological polar surface area (TPSA) is 88.4 Å². The molecule has 168 valence electrons. The van der Waals surface area contributed by atoms with Gasteiger partial charge in [-0.25, -0.2) is 9.79 Å². The molecular weight excluding hydrogens is 444 g/mol. The molecule has 3 heterocycles. The van der Waals surface area contributed by atoms with Crippen molar-refractivity contribution >= 4 is 23.4 Å². The minimum atomic E-state index is -0.668. The van der Waals surface area contributed by atoms with E-state index in [1.165, 1.54) is 18.4 Å². The highest BCUT2D eigenvalue weighted by Crippen LogP contribution is 2.33. The van der Waals surface area contributed by atoms with Crippen LogP contribution in [0.25, 0.3) is 6.08 Å². The SMILES string of the molecule is COC(=O)C1=C(C)N=c2s/c(=C\c3ccc4c(c3)OCO4)c(=O)n2C1c1ccc(OC)cc1. The van der Waals surface area contributed by atoms with E-state index in [1.54, 1.807) is 36.8 Å². The van der Waals surface area contributed by atoms with Crippen LogP contribution in [-0.2, 0) is 9.53 Å². The second-order valence-electron chi connectivity index (χ2n) is 7.46. The average Bonchev–Trinajstić information content (AvgIpc) is 3.41. The molecular formula is C24H20N2O6S. The van der Waals surface area contributed by atoms with Gasteiger partial charge in [0.1, 0.15) is 5.75 Å². The smallest absolute Gasteiger partial charge is 0.338 e. The van der Waals surface area contributed by atoms with Crippen LogP contribution in [0.2, 0.25) is 0 Å². The van der Waals surface area contributed by atoms with Gasteiger partial charge in [0.25, 0.3) is 5.56 Å². The minimum absolute atomic E-state index is 0.179. The molecule has 0 spiro atoms. The van der Waals surface area contributed by atoms with Crippen molar-refractivity contribution in [1.82, 2.24) is 4.57 Å². The Balaban J connectivity index is 1.69. The molecule has 5 rings (SSSR count). The number of hydrogen-bond donors (Lipinski definition) is 0. The maximum Gasteiger partial charge on any atom is 0.338 e. The van der Waals surface area contributed by atoms with E-state index in [0.717, 1.165) is 11.1 Å². The Bertz CT molecular complexity index is 1470. The molecule has 0 saturated carbocycles. The van der Waals surface area contributed by atoms with Crippen molar-refractivity contribution in [3.63, 3.8) is 0 Å². The molecule has 0 fully saturated rings. The van der Waals surface area contributed by atoms with Gasteiger partial charge in [-0.1, -0.05) is 29.5 Å². The third-order valence-electron chi connectivity index (χ3n) is 5.55. The van der Waals surface area contributed by atoms with Gasteiger partial charge in [-0.2, -0.15) is 0 Å². The molecule has 3 aromatic rings. The number of carbonyl (C=O) groups is 1. The van der Waals surface area contributed by atoms with E-state index in [4.69, 9.17) is 18.9 Å². The van der Waals surface area contributed by atoms with Gasteiger partial charge >= 0.3 is 5.97 Å². The summed E-state index contributed by atoms with van der Waals surface area (Å²) in [6.07, 6.45) is 1.79. The molecule has 1 unspecified atom stereocenters. The monoisotopic (exact) mass is 464 g/mol. The van der Waals surface area contributed by atoms with Gasteiger partial charge in [0.15, 0.2) is 16.3 Å². The third-order valence-corrected chi connectivity index (χ3v) is 6.54. The molecule has 8 nitrogen and oxygen atoms in total. The summed E-state index contributed by atoms with van der Waals surface area (Å²) >= 11 is 1.27. The van der Waals surface area contributed by atoms with Gasteiger partial charge in [-0.05, 0) is 48.4 Å². The molecule has 0 radical (unpaired) electrons. The Kier molecular flexibility index (Phi) is 5.26. The first-order valence-corrected chi connectivity index (χ1v) is 11.0. The van der Waals surface area contributed by atoms with Gasteiger partial charge in [0.05, 0.1) is 36.1 Å². The highest BCUT2D eigenvalue weighted by molar-refractivity contribution is 7.07. The van der Waals surface area contributed by atoms with Crippen LogP contribution in [0, 0.1) is 0 Å². The molecule has 9 heteroatoms. The van der Waals surface area contributed by atoms with Gasteiger partial charge in [0.2, 0.25) is 6.79 Å². The number of ether oxygens (including phenoxy) is 4. The summed E-state index contributed by atoms with van der Waals surface area (Å²) in [5, 5.41) is 0. The van der Waals surface area contributed by atoms with Crippen LogP contribution in [-0.4, -0.2) is 31.5 Å². The van der Waals surface area contributed by atoms with Crippen molar-refractivity contribution in [2.45, 2.75) is 13.0 Å². The third kappa shape index (κ3) is 3.60. The highest BCUT2D eigenvalue weighted by Gasteiger charge is 2.33. The lowest BCUT2D eigenvalue weighted by molar-refractivity contribution is -0.136. The Morgan fingerprint density at radius 2 is 1.91 bits per heavy atom. The normalized spacial score (nSPS) is 16.9. The van der Waals surface area contributed by atoms with Crippen LogP contribution < -0.4 is 29.1 Å². The lowest BCUT2D eigenvalue weighted by atomic mass is 9.96. The number of nitrogens with zero attached hydrogens (tertiary/aromatic N) is 2. The number of benzene rings is 2. The van der Waals surface area contributed by atoms with Gasteiger partial charge in [0, 0.05) is 0 Å². The average molecular weight is 464 g/mol. The molecule has 0 saturated heterocycles. The molecule has 0 N–H and O–H groups in total. The molecule has 0 aliphatic carbocycles. The number of aromatic nitrogens is 1. The van der Waals surface area contributed by atoms with Crippen LogP contribution in [0.5, 0.6) is 17.2 Å². The number of thiazole rings is 1. The summed E-state index contributed by atoms with van der Waals surface area (Å²) in [5.74, 6) is 1.46. The molecule has 2 aromatic carbocycles. The Labute approximate surface area is 192 Å². The Morgan fingerprint density at radius 3 is 2.64 bits per heavy atom. The lowest BCUT2D eigenvalue weighted by Gasteiger charge is -2.24. The fourth-order valence-electron chi connectivity index (χ4n) is 3.95. The second-order valence-corrected chi connectivity index (χ2v) is 8.47. The largest absolute Gasteiger partial charge is 0.497 e. The molecule has 33 heavy (non-hydrogen) atoms. The Morgan fingerprint density at radius 1 is 1.15 bits per heavy atom. The quantitative estimate of drug-likeness (QED) is 0.550. The van der Waals surface area contributed by atoms with Crippen LogP contribution in [0.15, 0.2) is 63.5 Å². The van der Waals surface area contributed by atoms with Crippen molar-refractivity contribution in [3.05, 3.63) is 84.5 Å². The summed E-state index contributed by atoms with van der Waals surface area (Å²) < 4.78 is 23.1. The van der Waals surface area contributed by atoms with Gasteiger partial charge < -0.3 is 18.9 Å². The predicted octanol–water partition coefficient (Wildman–Crippen LogP) is 2.15. The molecule has 2 aliphatic heterocycles. The molecule has 1 atom stereocenters. The van der Waals surface area contributed by atoms with Crippen molar-refractivity contribution in [1.29, 1.82) is 0 Å². The fraction of sp³-hybridized carbons (Fsp3) is 0.208. The van der Waals surface area contributed by atoms with Gasteiger partial charge in [-0.3, -0.25) is 9.36 Å². The highest BCUT2D eigenvalue weighted by atomic mass is 32.1. The number of hydrogen-bond acceptors (Lipinski definition) is 8. The summed E-state index contributed by atoms with van der Waals surface area (Å²) in [7, 11) is 2.90. The van der Waals surface area contributed by atoms with Crippen LogP contribution in [0.1, 0.15) is 24.1 Å². The maximum atomic E-state index is 13.5. The first-order chi connectivity index (χ1) is 16.0. The van der Waals surface area contributed by atoms with Crippen molar-refractivity contribution in [2.24, 2.45) is 4.99 Å². The number of fused-ring (bicyclic) bond motifs is 2. The zero-order chi connectivity index (χ0) is 23.1. The summed E-state index contributed by atoms with van der Waals surface area (Å²) in [5.41, 5.74) is 2.14. The first-order valence-electron chi connectivity index (χ1n) is 10.1. The number of carbonyl (C=O) groups excluding carboxylic acids is 1. The minimum Gasteiger partial charge on any atom is -0.497 e. The van der Waals surface area contributed by atoms with Crippen LogP contribution in [0.4, 0.5) is 0 Å². The standard InChI is InChI=1S/C24H20N2O6S/c1-13-20(23(28)30-3)21(15-5-7-16(29-2)8-6-15)26-22(27)19(33-24(26)25-13)11-14-4-9-17-18(10-14)32-12-31-17/h4-11,21H,12H2,1-3H3/b19-11-. The predicted molar refractivity (Wildman–Crippen MR) is 121 cm³/mol. The number of rotatable bonds is 4.